The highest BCUT2D eigenvalue weighted by Gasteiger charge is 2.18. The maximum Gasteiger partial charge on any atom is 0.0960 e. The predicted octanol–water partition coefficient (Wildman–Crippen LogP) is 3.98. The molecule has 0 saturated heterocycles. The first kappa shape index (κ1) is 14.4. The molecule has 1 atom stereocenters. The molecule has 118 valence electrons. The van der Waals surface area contributed by atoms with E-state index in [0.29, 0.717) is 6.04 Å². The highest BCUT2D eigenvalue weighted by Crippen LogP contribution is 2.31. The number of nitrogens with zero attached hydrogens (tertiary/aromatic N) is 3. The van der Waals surface area contributed by atoms with Gasteiger partial charge in [-0.3, -0.25) is 4.98 Å². The Kier molecular flexibility index (Phi) is 3.83. The molecule has 0 bridgehead atoms. The molecule has 3 aromatic rings. The number of imidazole rings is 1. The van der Waals surface area contributed by atoms with Crippen molar-refractivity contribution in [3.05, 3.63) is 60.2 Å². The largest absolute Gasteiger partial charge is 0.327 e. The van der Waals surface area contributed by atoms with Crippen molar-refractivity contribution < 1.29 is 0 Å². The summed E-state index contributed by atoms with van der Waals surface area (Å²) in [6.07, 6.45) is 10.3. The van der Waals surface area contributed by atoms with Crippen molar-refractivity contribution in [1.29, 1.82) is 0 Å². The van der Waals surface area contributed by atoms with E-state index in [1.54, 1.807) is 6.20 Å². The summed E-state index contributed by atoms with van der Waals surface area (Å²) >= 11 is 0. The van der Waals surface area contributed by atoms with E-state index in [0.717, 1.165) is 16.8 Å². The summed E-state index contributed by atoms with van der Waals surface area (Å²) in [5.41, 5.74) is 10.6. The minimum Gasteiger partial charge on any atom is -0.327 e. The molecule has 23 heavy (non-hydrogen) atoms. The highest BCUT2D eigenvalue weighted by molar-refractivity contribution is 5.76. The van der Waals surface area contributed by atoms with Crippen molar-refractivity contribution in [3.8, 4) is 0 Å². The summed E-state index contributed by atoms with van der Waals surface area (Å²) in [5.74, 6) is 0. The van der Waals surface area contributed by atoms with Crippen LogP contribution in [0.4, 0.5) is 0 Å². The van der Waals surface area contributed by atoms with Crippen LogP contribution < -0.4 is 5.73 Å². The van der Waals surface area contributed by atoms with Gasteiger partial charge in [0.05, 0.1) is 29.1 Å². The molecule has 4 nitrogen and oxygen atoms in total. The molecule has 2 heterocycles. The van der Waals surface area contributed by atoms with Crippen LogP contribution in [-0.4, -0.2) is 14.5 Å². The lowest BCUT2D eigenvalue weighted by molar-refractivity contribution is 0.359. The lowest BCUT2D eigenvalue weighted by Crippen LogP contribution is -2.13. The van der Waals surface area contributed by atoms with E-state index in [1.807, 2.05) is 24.5 Å². The van der Waals surface area contributed by atoms with Crippen molar-refractivity contribution in [2.45, 2.75) is 44.2 Å². The Morgan fingerprint density at radius 2 is 1.91 bits per heavy atom. The summed E-state index contributed by atoms with van der Waals surface area (Å²) in [6, 6.07) is 12.6. The van der Waals surface area contributed by atoms with Crippen LogP contribution in [0.2, 0.25) is 0 Å². The molecule has 1 aromatic carbocycles. The number of hydrogen-bond acceptors (Lipinski definition) is 3. The number of pyridine rings is 1. The van der Waals surface area contributed by atoms with Gasteiger partial charge in [0, 0.05) is 12.2 Å². The minimum absolute atomic E-state index is 0.208. The molecule has 0 spiro atoms. The molecule has 1 aliphatic rings. The van der Waals surface area contributed by atoms with Gasteiger partial charge >= 0.3 is 0 Å². The number of benzene rings is 1. The van der Waals surface area contributed by atoms with Gasteiger partial charge in [0.25, 0.3) is 0 Å². The fourth-order valence-corrected chi connectivity index (χ4v) is 3.62. The lowest BCUT2D eigenvalue weighted by atomic mass is 9.95. The van der Waals surface area contributed by atoms with Gasteiger partial charge in [-0.05, 0) is 42.7 Å². The Bertz CT molecular complexity index is 787. The average molecular weight is 306 g/mol. The van der Waals surface area contributed by atoms with E-state index in [-0.39, 0.29) is 6.04 Å². The Hall–Kier alpha value is -2.20. The molecule has 0 radical (unpaired) electrons. The normalized spacial score (nSPS) is 17.4. The Morgan fingerprint density at radius 1 is 1.04 bits per heavy atom. The molecule has 2 N–H and O–H groups in total. The van der Waals surface area contributed by atoms with E-state index < -0.39 is 0 Å². The van der Waals surface area contributed by atoms with Crippen LogP contribution in [0.1, 0.15) is 55.4 Å². The second-order valence-electron chi connectivity index (χ2n) is 6.42. The first-order valence-electron chi connectivity index (χ1n) is 8.46. The predicted molar refractivity (Wildman–Crippen MR) is 92.1 cm³/mol. The number of hydrogen-bond donors (Lipinski definition) is 1. The van der Waals surface area contributed by atoms with E-state index in [2.05, 4.69) is 32.7 Å². The standard InChI is InChI=1S/C19H22N4/c20-19(16-8-4-5-11-21-16)14-9-10-18-17(12-14)22-13-23(18)15-6-2-1-3-7-15/h4-5,8-13,15,19H,1-3,6-7,20H2. The third-order valence-corrected chi connectivity index (χ3v) is 4.93. The molecule has 4 heteroatoms. The van der Waals surface area contributed by atoms with E-state index in [9.17, 15) is 0 Å². The maximum absolute atomic E-state index is 6.36. The van der Waals surface area contributed by atoms with Gasteiger partial charge in [0.1, 0.15) is 0 Å². The minimum atomic E-state index is -0.208. The summed E-state index contributed by atoms with van der Waals surface area (Å²) in [7, 11) is 0. The van der Waals surface area contributed by atoms with Crippen LogP contribution in [0.5, 0.6) is 0 Å². The number of fused-ring (bicyclic) bond motifs is 1. The van der Waals surface area contributed by atoms with Crippen LogP contribution in [-0.2, 0) is 0 Å². The Morgan fingerprint density at radius 3 is 2.70 bits per heavy atom. The summed E-state index contributed by atoms with van der Waals surface area (Å²) < 4.78 is 2.35. The summed E-state index contributed by atoms with van der Waals surface area (Å²) in [6.45, 7) is 0. The van der Waals surface area contributed by atoms with Gasteiger partial charge in [-0.15, -0.1) is 0 Å². The third-order valence-electron chi connectivity index (χ3n) is 4.93. The second kappa shape index (κ2) is 6.13. The zero-order valence-corrected chi connectivity index (χ0v) is 13.2. The van der Waals surface area contributed by atoms with Gasteiger partial charge < -0.3 is 10.3 Å². The van der Waals surface area contributed by atoms with Crippen LogP contribution in [0.25, 0.3) is 11.0 Å². The number of aromatic nitrogens is 3. The first-order chi connectivity index (χ1) is 11.3. The second-order valence-corrected chi connectivity index (χ2v) is 6.42. The first-order valence-corrected chi connectivity index (χ1v) is 8.46. The molecule has 2 aromatic heterocycles. The topological polar surface area (TPSA) is 56.7 Å². The molecule has 1 saturated carbocycles. The SMILES string of the molecule is NC(c1ccc2c(c1)ncn2C1CCCCC1)c1ccccn1. The molecular weight excluding hydrogens is 284 g/mol. The molecular formula is C19H22N4. The zero-order chi connectivity index (χ0) is 15.6. The van der Waals surface area contributed by atoms with Crippen LogP contribution in [0.15, 0.2) is 48.9 Å². The molecule has 1 aliphatic carbocycles. The molecule has 1 fully saturated rings. The Balaban J connectivity index is 1.67. The van der Waals surface area contributed by atoms with Crippen LogP contribution in [0.3, 0.4) is 0 Å². The van der Waals surface area contributed by atoms with Crippen molar-refractivity contribution in [3.63, 3.8) is 0 Å². The van der Waals surface area contributed by atoms with Gasteiger partial charge in [-0.25, -0.2) is 4.98 Å². The number of rotatable bonds is 3. The number of nitrogens with two attached hydrogens (primary N) is 1. The van der Waals surface area contributed by atoms with Crippen LogP contribution in [0, 0.1) is 0 Å². The van der Waals surface area contributed by atoms with E-state index >= 15 is 0 Å². The molecule has 4 rings (SSSR count). The average Bonchev–Trinajstić information content (AvgIpc) is 3.06. The lowest BCUT2D eigenvalue weighted by Gasteiger charge is -2.23. The van der Waals surface area contributed by atoms with Crippen molar-refractivity contribution in [2.75, 3.05) is 0 Å². The fraction of sp³-hybridized carbons (Fsp3) is 0.368. The summed E-state index contributed by atoms with van der Waals surface area (Å²) in [4.78, 5) is 8.98. The van der Waals surface area contributed by atoms with E-state index in [4.69, 9.17) is 5.73 Å². The van der Waals surface area contributed by atoms with Crippen molar-refractivity contribution in [1.82, 2.24) is 14.5 Å². The van der Waals surface area contributed by atoms with Crippen molar-refractivity contribution >= 4 is 11.0 Å². The van der Waals surface area contributed by atoms with Gasteiger partial charge in [-0.2, -0.15) is 0 Å². The monoisotopic (exact) mass is 306 g/mol. The van der Waals surface area contributed by atoms with Crippen molar-refractivity contribution in [2.24, 2.45) is 5.73 Å². The molecule has 0 amide bonds. The summed E-state index contributed by atoms with van der Waals surface area (Å²) in [5, 5.41) is 0. The van der Waals surface area contributed by atoms with Gasteiger partial charge in [0.2, 0.25) is 0 Å². The van der Waals surface area contributed by atoms with Crippen LogP contribution >= 0.6 is 0 Å². The molecule has 0 aliphatic heterocycles. The fourth-order valence-electron chi connectivity index (χ4n) is 3.62. The smallest absolute Gasteiger partial charge is 0.0960 e. The zero-order valence-electron chi connectivity index (χ0n) is 13.2. The third kappa shape index (κ3) is 2.75. The Labute approximate surface area is 136 Å². The van der Waals surface area contributed by atoms with E-state index in [1.165, 1.54) is 37.6 Å². The van der Waals surface area contributed by atoms with Gasteiger partial charge in [0.15, 0.2) is 0 Å². The molecule has 1 unspecified atom stereocenters. The van der Waals surface area contributed by atoms with Gasteiger partial charge in [-0.1, -0.05) is 31.4 Å². The highest BCUT2D eigenvalue weighted by atomic mass is 15.1. The maximum atomic E-state index is 6.36. The quantitative estimate of drug-likeness (QED) is 0.796.